The molecule has 1 aliphatic heterocycles. The summed E-state index contributed by atoms with van der Waals surface area (Å²) in [5, 5.41) is 18.2. The first kappa shape index (κ1) is 18.3. The zero-order chi connectivity index (χ0) is 19.9. The van der Waals surface area contributed by atoms with E-state index in [1.165, 1.54) is 22.5 Å². The van der Waals surface area contributed by atoms with Crippen LogP contribution in [0.25, 0.3) is 11.0 Å². The molecule has 1 saturated heterocycles. The van der Waals surface area contributed by atoms with Crippen LogP contribution < -0.4 is 4.90 Å². The van der Waals surface area contributed by atoms with Crippen molar-refractivity contribution in [3.63, 3.8) is 0 Å². The molecule has 1 atom stereocenters. The fraction of sp³-hybridized carbons (Fsp3) is 0.294. The Morgan fingerprint density at radius 2 is 1.89 bits per heavy atom. The van der Waals surface area contributed by atoms with Crippen LogP contribution in [0.3, 0.4) is 0 Å². The number of nitro groups is 1. The van der Waals surface area contributed by atoms with Crippen LogP contribution in [0.4, 0.5) is 11.4 Å². The third-order valence-corrected chi connectivity index (χ3v) is 6.87. The number of hydrogen-bond acceptors (Lipinski definition) is 8. The van der Waals surface area contributed by atoms with Gasteiger partial charge in [0.15, 0.2) is 5.52 Å². The SMILES string of the molecule is CC1CN(c2ccc([N+](=O)[O-])cc2)CCN1S(=O)(=O)c1cccc2nonc12. The van der Waals surface area contributed by atoms with Crippen LogP contribution in [-0.4, -0.2) is 53.6 Å². The molecule has 0 spiro atoms. The smallest absolute Gasteiger partial charge is 0.269 e. The highest BCUT2D eigenvalue weighted by Gasteiger charge is 2.35. The molecule has 3 aromatic rings. The van der Waals surface area contributed by atoms with E-state index in [2.05, 4.69) is 14.9 Å². The molecule has 1 unspecified atom stereocenters. The first-order valence-corrected chi connectivity index (χ1v) is 10.0. The molecule has 146 valence electrons. The van der Waals surface area contributed by atoms with Gasteiger partial charge < -0.3 is 4.90 Å². The van der Waals surface area contributed by atoms with E-state index >= 15 is 0 Å². The van der Waals surface area contributed by atoms with E-state index in [-0.39, 0.29) is 28.7 Å². The second-order valence-corrected chi connectivity index (χ2v) is 8.43. The average Bonchev–Trinajstić information content (AvgIpc) is 3.16. The van der Waals surface area contributed by atoms with Crippen molar-refractivity contribution in [1.82, 2.24) is 14.6 Å². The van der Waals surface area contributed by atoms with E-state index in [1.54, 1.807) is 24.3 Å². The van der Waals surface area contributed by atoms with E-state index in [9.17, 15) is 18.5 Å². The van der Waals surface area contributed by atoms with Crippen molar-refractivity contribution in [3.8, 4) is 0 Å². The number of aromatic nitrogens is 2. The van der Waals surface area contributed by atoms with Crippen molar-refractivity contribution in [1.29, 1.82) is 0 Å². The molecule has 4 rings (SSSR count). The van der Waals surface area contributed by atoms with Crippen LogP contribution in [0.5, 0.6) is 0 Å². The lowest BCUT2D eigenvalue weighted by Gasteiger charge is -2.40. The number of piperazine rings is 1. The van der Waals surface area contributed by atoms with Gasteiger partial charge in [0.2, 0.25) is 10.0 Å². The maximum Gasteiger partial charge on any atom is 0.269 e. The number of non-ortho nitro benzene ring substituents is 1. The summed E-state index contributed by atoms with van der Waals surface area (Å²) in [6.45, 7) is 3.04. The Hall–Kier alpha value is -3.05. The summed E-state index contributed by atoms with van der Waals surface area (Å²) >= 11 is 0. The molecule has 1 fully saturated rings. The zero-order valence-corrected chi connectivity index (χ0v) is 15.7. The Bertz CT molecular complexity index is 1130. The Kier molecular flexibility index (Phi) is 4.47. The van der Waals surface area contributed by atoms with Crippen LogP contribution in [0.15, 0.2) is 52.0 Å². The van der Waals surface area contributed by atoms with Gasteiger partial charge in [0, 0.05) is 43.5 Å². The number of rotatable bonds is 4. The van der Waals surface area contributed by atoms with E-state index in [1.807, 2.05) is 11.8 Å². The van der Waals surface area contributed by atoms with Crippen molar-refractivity contribution in [2.24, 2.45) is 0 Å². The lowest BCUT2D eigenvalue weighted by Crippen LogP contribution is -2.54. The van der Waals surface area contributed by atoms with Gasteiger partial charge in [-0.2, -0.15) is 4.31 Å². The van der Waals surface area contributed by atoms with Crippen molar-refractivity contribution in [2.75, 3.05) is 24.5 Å². The Balaban J connectivity index is 1.57. The molecule has 0 saturated carbocycles. The predicted molar refractivity (Wildman–Crippen MR) is 100 cm³/mol. The van der Waals surface area contributed by atoms with Crippen molar-refractivity contribution in [3.05, 3.63) is 52.6 Å². The van der Waals surface area contributed by atoms with Crippen molar-refractivity contribution in [2.45, 2.75) is 17.9 Å². The van der Waals surface area contributed by atoms with Gasteiger partial charge in [0.05, 0.1) is 4.92 Å². The molecule has 0 radical (unpaired) electrons. The van der Waals surface area contributed by atoms with E-state index in [0.717, 1.165) is 5.69 Å². The predicted octanol–water partition coefficient (Wildman–Crippen LogP) is 2.03. The minimum Gasteiger partial charge on any atom is -0.369 e. The maximum atomic E-state index is 13.2. The molecule has 10 nitrogen and oxygen atoms in total. The fourth-order valence-electron chi connectivity index (χ4n) is 3.43. The van der Waals surface area contributed by atoms with E-state index < -0.39 is 14.9 Å². The van der Waals surface area contributed by atoms with Crippen molar-refractivity contribution < 1.29 is 18.0 Å². The van der Waals surface area contributed by atoms with Gasteiger partial charge in [0.1, 0.15) is 10.4 Å². The van der Waals surface area contributed by atoms with E-state index in [4.69, 9.17) is 0 Å². The fourth-order valence-corrected chi connectivity index (χ4v) is 5.19. The highest BCUT2D eigenvalue weighted by Crippen LogP contribution is 2.28. The maximum absolute atomic E-state index is 13.2. The minimum absolute atomic E-state index is 0.0207. The van der Waals surface area contributed by atoms with Crippen LogP contribution >= 0.6 is 0 Å². The second kappa shape index (κ2) is 6.84. The first-order chi connectivity index (χ1) is 13.4. The molecular formula is C17H17N5O5S. The summed E-state index contributed by atoms with van der Waals surface area (Å²) in [5.74, 6) is 0. The Morgan fingerprint density at radius 1 is 1.14 bits per heavy atom. The number of sulfonamides is 1. The molecule has 2 aromatic carbocycles. The van der Waals surface area contributed by atoms with Crippen LogP contribution in [0, 0.1) is 10.1 Å². The number of benzene rings is 2. The molecule has 28 heavy (non-hydrogen) atoms. The van der Waals surface area contributed by atoms with Crippen LogP contribution in [0.2, 0.25) is 0 Å². The molecular weight excluding hydrogens is 386 g/mol. The molecule has 1 aromatic heterocycles. The quantitative estimate of drug-likeness (QED) is 0.479. The molecule has 0 bridgehead atoms. The summed E-state index contributed by atoms with van der Waals surface area (Å²) < 4.78 is 32.5. The third kappa shape index (κ3) is 3.08. The summed E-state index contributed by atoms with van der Waals surface area (Å²) in [7, 11) is -3.78. The first-order valence-electron chi connectivity index (χ1n) is 8.60. The van der Waals surface area contributed by atoms with Crippen molar-refractivity contribution >= 4 is 32.4 Å². The second-order valence-electron chi connectivity index (χ2n) is 6.57. The van der Waals surface area contributed by atoms with Crippen LogP contribution in [0.1, 0.15) is 6.92 Å². The number of nitrogens with zero attached hydrogens (tertiary/aromatic N) is 5. The zero-order valence-electron chi connectivity index (χ0n) is 14.9. The summed E-state index contributed by atoms with van der Waals surface area (Å²) in [6.07, 6.45) is 0. The number of hydrogen-bond donors (Lipinski definition) is 0. The topological polar surface area (TPSA) is 123 Å². The molecule has 0 N–H and O–H groups in total. The van der Waals surface area contributed by atoms with Gasteiger partial charge in [0.25, 0.3) is 5.69 Å². The standard InChI is InChI=1S/C17H17N5O5S/c1-12-11-20(13-5-7-14(8-6-13)22(23)24)9-10-21(12)28(25,26)16-4-2-3-15-17(16)19-27-18-15/h2-8,12H,9-11H2,1H3. The van der Waals surface area contributed by atoms with Gasteiger partial charge >= 0.3 is 0 Å². The summed E-state index contributed by atoms with van der Waals surface area (Å²) in [4.78, 5) is 12.4. The molecule has 11 heteroatoms. The molecule has 2 heterocycles. The van der Waals surface area contributed by atoms with Gasteiger partial charge in [-0.1, -0.05) is 6.07 Å². The summed E-state index contributed by atoms with van der Waals surface area (Å²) in [5.41, 5.74) is 1.44. The lowest BCUT2D eigenvalue weighted by atomic mass is 10.2. The highest BCUT2D eigenvalue weighted by atomic mass is 32.2. The Labute approximate surface area is 160 Å². The van der Waals surface area contributed by atoms with Gasteiger partial charge in [-0.15, -0.1) is 0 Å². The lowest BCUT2D eigenvalue weighted by molar-refractivity contribution is -0.384. The van der Waals surface area contributed by atoms with Gasteiger partial charge in [-0.25, -0.2) is 13.0 Å². The highest BCUT2D eigenvalue weighted by molar-refractivity contribution is 7.89. The normalized spacial score (nSPS) is 18.5. The molecule has 0 aliphatic carbocycles. The largest absolute Gasteiger partial charge is 0.369 e. The van der Waals surface area contributed by atoms with Gasteiger partial charge in [-0.3, -0.25) is 10.1 Å². The molecule has 0 amide bonds. The number of nitro benzene ring substituents is 1. The van der Waals surface area contributed by atoms with Crippen LogP contribution in [-0.2, 0) is 10.0 Å². The monoisotopic (exact) mass is 403 g/mol. The third-order valence-electron chi connectivity index (χ3n) is 4.83. The molecule has 1 aliphatic rings. The van der Waals surface area contributed by atoms with Gasteiger partial charge in [-0.05, 0) is 41.5 Å². The summed E-state index contributed by atoms with van der Waals surface area (Å²) in [6, 6.07) is 10.7. The number of fused-ring (bicyclic) bond motifs is 1. The average molecular weight is 403 g/mol. The number of anilines is 1. The Morgan fingerprint density at radius 3 is 2.57 bits per heavy atom. The minimum atomic E-state index is -3.78. The van der Waals surface area contributed by atoms with E-state index in [0.29, 0.717) is 18.6 Å².